The van der Waals surface area contributed by atoms with Gasteiger partial charge in [0.05, 0.1) is 25.2 Å². The Morgan fingerprint density at radius 2 is 1.67 bits per heavy atom. The summed E-state index contributed by atoms with van der Waals surface area (Å²) in [5.74, 6) is -3.26. The van der Waals surface area contributed by atoms with E-state index in [1.165, 1.54) is 0 Å². The molecule has 0 bridgehead atoms. The normalized spacial score (nSPS) is 18.0. The third kappa shape index (κ3) is 8.28. The first-order valence-electron chi connectivity index (χ1n) is 15.1. The molecule has 244 valence electrons. The van der Waals surface area contributed by atoms with Gasteiger partial charge in [0.25, 0.3) is 11.5 Å². The van der Waals surface area contributed by atoms with Crippen molar-refractivity contribution >= 4 is 40.1 Å². The van der Waals surface area contributed by atoms with E-state index >= 15 is 0 Å². The van der Waals surface area contributed by atoms with Gasteiger partial charge in [0.1, 0.15) is 24.0 Å². The molecule has 1 amide bonds. The van der Waals surface area contributed by atoms with Gasteiger partial charge in [0.2, 0.25) is 0 Å². The molecule has 0 saturated heterocycles. The van der Waals surface area contributed by atoms with Crippen LogP contribution in [0.1, 0.15) is 50.9 Å². The number of para-hydroxylation sites is 1. The molecule has 3 N–H and O–H groups in total. The van der Waals surface area contributed by atoms with Crippen molar-refractivity contribution in [2.75, 3.05) is 20.3 Å². The van der Waals surface area contributed by atoms with Crippen LogP contribution in [-0.4, -0.2) is 66.8 Å². The number of carbonyl (C=O) groups excluding carboxylic acids is 4. The second kappa shape index (κ2) is 14.6. The molecule has 3 aromatic carbocycles. The second-order valence-corrected chi connectivity index (χ2v) is 12.4. The Morgan fingerprint density at radius 3 is 2.33 bits per heavy atom. The average molecular weight is 632 g/mol. The van der Waals surface area contributed by atoms with Gasteiger partial charge >= 0.3 is 11.9 Å². The highest BCUT2D eigenvalue weighted by molar-refractivity contribution is 6.15. The van der Waals surface area contributed by atoms with Crippen molar-refractivity contribution in [3.63, 3.8) is 0 Å². The number of nitrogens with one attached hydrogen (secondary N) is 1. The highest BCUT2D eigenvalue weighted by Crippen LogP contribution is 2.33. The monoisotopic (exact) mass is 631 g/mol. The molecule has 11 nitrogen and oxygen atoms in total. The van der Waals surface area contributed by atoms with Crippen LogP contribution in [0, 0.1) is 11.8 Å². The molecule has 1 aliphatic rings. The summed E-state index contributed by atoms with van der Waals surface area (Å²) in [5.41, 5.74) is 4.25. The Hall–Kier alpha value is -4.77. The predicted octanol–water partition coefficient (Wildman–Crippen LogP) is 4.22. The van der Waals surface area contributed by atoms with Crippen LogP contribution in [0.5, 0.6) is 5.75 Å². The van der Waals surface area contributed by atoms with Gasteiger partial charge in [0, 0.05) is 12.0 Å². The topological polar surface area (TPSA) is 156 Å². The number of oxime groups is 1. The minimum absolute atomic E-state index is 0.139. The van der Waals surface area contributed by atoms with Gasteiger partial charge in [-0.15, -0.1) is 0 Å². The summed E-state index contributed by atoms with van der Waals surface area (Å²) in [6.45, 7) is 6.76. The maximum Gasteiger partial charge on any atom is 0.328 e. The van der Waals surface area contributed by atoms with E-state index in [9.17, 15) is 19.2 Å². The van der Waals surface area contributed by atoms with E-state index in [2.05, 4.69) is 10.5 Å². The van der Waals surface area contributed by atoms with Crippen LogP contribution < -0.4 is 15.8 Å². The van der Waals surface area contributed by atoms with Crippen molar-refractivity contribution in [3.05, 3.63) is 78.4 Å². The summed E-state index contributed by atoms with van der Waals surface area (Å²) in [6.07, 6.45) is -0.618. The number of rotatable bonds is 13. The largest absolute Gasteiger partial charge is 0.489 e. The number of methoxy groups -OCH3 is 1. The average Bonchev–Trinajstić information content (AvgIpc) is 3.47. The number of hydrogen-bond acceptors (Lipinski definition) is 10. The van der Waals surface area contributed by atoms with Crippen LogP contribution in [0.2, 0.25) is 0 Å². The van der Waals surface area contributed by atoms with Crippen molar-refractivity contribution in [3.8, 4) is 5.75 Å². The third-order valence-electron chi connectivity index (χ3n) is 7.63. The Balaban J connectivity index is 1.63. The van der Waals surface area contributed by atoms with E-state index in [-0.39, 0.29) is 31.3 Å². The van der Waals surface area contributed by atoms with Crippen LogP contribution in [0.25, 0.3) is 10.8 Å². The van der Waals surface area contributed by atoms with Crippen molar-refractivity contribution in [2.24, 2.45) is 22.7 Å². The number of hydrogen-bond donors (Lipinski definition) is 2. The summed E-state index contributed by atoms with van der Waals surface area (Å²) in [4.78, 5) is 59.2. The lowest BCUT2D eigenvalue weighted by Gasteiger charge is -2.28. The minimum Gasteiger partial charge on any atom is -0.489 e. The standard InChI is InChI=1S/C35H41N3O8/c1-22(20-36)30(31(40)25-16-15-23-11-9-10-12-24(23)17-25)28-19-35(46-38-28,21-44-26-13-7-6-8-14-26)33(42)37-27(32(41)43-5)18-29(39)45-34(2,3)4/h6-17,22,27,30H,18-21,36H2,1-5H3,(H,37,42)/t22?,27-,30-,35?/m0/s1. The van der Waals surface area contributed by atoms with Crippen molar-refractivity contribution in [1.29, 1.82) is 0 Å². The highest BCUT2D eigenvalue weighted by Gasteiger charge is 2.51. The van der Waals surface area contributed by atoms with Gasteiger partial charge in [-0.2, -0.15) is 0 Å². The second-order valence-electron chi connectivity index (χ2n) is 12.4. The van der Waals surface area contributed by atoms with Gasteiger partial charge in [-0.1, -0.05) is 66.7 Å². The van der Waals surface area contributed by atoms with Crippen molar-refractivity contribution < 1.29 is 38.2 Å². The summed E-state index contributed by atoms with van der Waals surface area (Å²) in [5, 5.41) is 8.75. The minimum atomic E-state index is -1.79. The number of nitrogens with zero attached hydrogens (tertiary/aromatic N) is 1. The van der Waals surface area contributed by atoms with Gasteiger partial charge in [0.15, 0.2) is 5.78 Å². The maximum atomic E-state index is 14.0. The van der Waals surface area contributed by atoms with Gasteiger partial charge in [-0.05, 0) is 62.2 Å². The third-order valence-corrected chi connectivity index (χ3v) is 7.63. The molecule has 11 heteroatoms. The van der Waals surface area contributed by atoms with E-state index < -0.39 is 47.4 Å². The fraction of sp³-hybridized carbons (Fsp3) is 0.400. The number of esters is 2. The van der Waals surface area contributed by atoms with Crippen LogP contribution >= 0.6 is 0 Å². The van der Waals surface area contributed by atoms with E-state index in [1.807, 2.05) is 49.4 Å². The van der Waals surface area contributed by atoms with E-state index in [0.717, 1.165) is 17.9 Å². The predicted molar refractivity (Wildman–Crippen MR) is 172 cm³/mol. The summed E-state index contributed by atoms with van der Waals surface area (Å²) >= 11 is 0. The zero-order chi connectivity index (χ0) is 33.5. The highest BCUT2D eigenvalue weighted by atomic mass is 16.7. The fourth-order valence-corrected chi connectivity index (χ4v) is 5.22. The molecule has 0 aliphatic carbocycles. The number of ketones is 1. The molecule has 0 aromatic heterocycles. The van der Waals surface area contributed by atoms with E-state index in [1.54, 1.807) is 51.1 Å². The first-order chi connectivity index (χ1) is 21.9. The Bertz CT molecular complexity index is 1600. The molecule has 1 aliphatic heterocycles. The number of nitrogens with two attached hydrogens (primary N) is 1. The number of Topliss-reactive ketones (excluding diaryl/α,β-unsaturated/α-hetero) is 1. The van der Waals surface area contributed by atoms with Crippen LogP contribution in [0.15, 0.2) is 78.0 Å². The maximum absolute atomic E-state index is 14.0. The molecule has 0 radical (unpaired) electrons. The number of amides is 1. The lowest BCUT2D eigenvalue weighted by molar-refractivity contribution is -0.161. The number of ether oxygens (including phenoxy) is 3. The zero-order valence-corrected chi connectivity index (χ0v) is 26.8. The first-order valence-corrected chi connectivity index (χ1v) is 15.1. The molecular weight excluding hydrogens is 590 g/mol. The molecule has 46 heavy (non-hydrogen) atoms. The van der Waals surface area contributed by atoms with Crippen LogP contribution in [0.4, 0.5) is 0 Å². The molecule has 3 aromatic rings. The summed E-state index contributed by atoms with van der Waals surface area (Å²) < 4.78 is 16.2. The molecule has 1 heterocycles. The van der Waals surface area contributed by atoms with Crippen LogP contribution in [-0.2, 0) is 28.7 Å². The smallest absolute Gasteiger partial charge is 0.328 e. The molecule has 4 atom stereocenters. The van der Waals surface area contributed by atoms with Crippen molar-refractivity contribution in [2.45, 2.75) is 57.8 Å². The molecule has 0 saturated carbocycles. The lowest BCUT2D eigenvalue weighted by atomic mass is 9.79. The number of fused-ring (bicyclic) bond motifs is 1. The molecule has 0 fully saturated rings. The molecule has 4 rings (SSSR count). The van der Waals surface area contributed by atoms with E-state index in [4.69, 9.17) is 24.8 Å². The Morgan fingerprint density at radius 1 is 1.00 bits per heavy atom. The fourth-order valence-electron chi connectivity index (χ4n) is 5.22. The molecule has 2 unspecified atom stereocenters. The quantitative estimate of drug-likeness (QED) is 0.208. The molecule has 0 spiro atoms. The van der Waals surface area contributed by atoms with Gasteiger partial charge in [-0.3, -0.25) is 14.4 Å². The van der Waals surface area contributed by atoms with Crippen molar-refractivity contribution in [1.82, 2.24) is 5.32 Å². The van der Waals surface area contributed by atoms with Gasteiger partial charge < -0.3 is 30.1 Å². The summed E-state index contributed by atoms with van der Waals surface area (Å²) in [7, 11) is 1.15. The first kappa shape index (κ1) is 34.1. The Labute approximate surface area is 268 Å². The zero-order valence-electron chi connectivity index (χ0n) is 26.8. The van der Waals surface area contributed by atoms with E-state index in [0.29, 0.717) is 17.0 Å². The van der Waals surface area contributed by atoms with Gasteiger partial charge in [-0.25, -0.2) is 4.79 Å². The van der Waals surface area contributed by atoms with Crippen LogP contribution in [0.3, 0.4) is 0 Å². The molecular formula is C35H41N3O8. The number of carbonyl (C=O) groups is 4. The SMILES string of the molecule is COC(=O)[C@H](CC(=O)OC(C)(C)C)NC(=O)C1(COc2ccccc2)CC([C@@H](C(=O)c2ccc3ccccc3c2)C(C)CN)=NO1. The number of benzene rings is 3. The summed E-state index contributed by atoms with van der Waals surface area (Å²) in [6, 6.07) is 20.6. The lowest BCUT2D eigenvalue weighted by Crippen LogP contribution is -2.56. The Kier molecular flexibility index (Phi) is 10.8.